The minimum atomic E-state index is -1.00. The highest BCUT2D eigenvalue weighted by atomic mass is 16.5. The molecule has 0 aliphatic rings. The van der Waals surface area contributed by atoms with Crippen LogP contribution in [0.3, 0.4) is 0 Å². The molecule has 0 aliphatic heterocycles. The maximum atomic E-state index is 12.4. The van der Waals surface area contributed by atoms with Gasteiger partial charge in [-0.1, -0.05) is 0 Å². The number of aromatic amines is 1. The number of furan rings is 1. The Morgan fingerprint density at radius 3 is 2.62 bits per heavy atom. The second kappa shape index (κ2) is 8.37. The maximum Gasteiger partial charge on any atom is 0.355 e. The van der Waals surface area contributed by atoms with Crippen LogP contribution in [0.1, 0.15) is 51.7 Å². The van der Waals surface area contributed by atoms with E-state index in [9.17, 15) is 14.4 Å². The molecule has 2 aromatic rings. The number of nitrogens with one attached hydrogen (secondary N) is 2. The zero-order valence-corrected chi connectivity index (χ0v) is 15.2. The van der Waals surface area contributed by atoms with Gasteiger partial charge in [0.25, 0.3) is 5.91 Å². The molecule has 2 rings (SSSR count). The van der Waals surface area contributed by atoms with Crippen molar-refractivity contribution in [3.8, 4) is 0 Å². The number of hydrogen-bond acceptors (Lipinski definition) is 6. The summed E-state index contributed by atoms with van der Waals surface area (Å²) >= 11 is 0. The number of carbonyl (C=O) groups is 3. The van der Waals surface area contributed by atoms with Gasteiger partial charge in [0.05, 0.1) is 25.0 Å². The van der Waals surface area contributed by atoms with Gasteiger partial charge in [0.15, 0.2) is 6.10 Å². The third-order valence-corrected chi connectivity index (χ3v) is 3.79. The molecule has 2 heterocycles. The Kier molecular flexibility index (Phi) is 6.21. The predicted octanol–water partition coefficient (Wildman–Crippen LogP) is 2.26. The van der Waals surface area contributed by atoms with Crippen molar-refractivity contribution in [1.82, 2.24) is 10.3 Å². The Morgan fingerprint density at radius 2 is 2.00 bits per heavy atom. The summed E-state index contributed by atoms with van der Waals surface area (Å²) in [7, 11) is 0. The first kappa shape index (κ1) is 19.3. The van der Waals surface area contributed by atoms with Crippen LogP contribution in [0.25, 0.3) is 0 Å². The van der Waals surface area contributed by atoms with Crippen LogP contribution in [0.5, 0.6) is 0 Å². The molecule has 1 amide bonds. The van der Waals surface area contributed by atoms with Crippen LogP contribution in [-0.4, -0.2) is 35.5 Å². The smallest absolute Gasteiger partial charge is 0.355 e. The highest BCUT2D eigenvalue weighted by Crippen LogP contribution is 2.20. The van der Waals surface area contributed by atoms with Crippen LogP contribution in [0, 0.1) is 13.8 Å². The molecule has 0 saturated carbocycles. The van der Waals surface area contributed by atoms with Crippen LogP contribution in [-0.2, 0) is 20.8 Å². The van der Waals surface area contributed by atoms with E-state index in [0.29, 0.717) is 17.0 Å². The Morgan fingerprint density at radius 1 is 1.27 bits per heavy atom. The van der Waals surface area contributed by atoms with Crippen LogP contribution < -0.4 is 5.32 Å². The molecule has 0 radical (unpaired) electrons. The highest BCUT2D eigenvalue weighted by Gasteiger charge is 2.26. The van der Waals surface area contributed by atoms with E-state index in [0.717, 1.165) is 0 Å². The van der Waals surface area contributed by atoms with Crippen molar-refractivity contribution in [2.75, 3.05) is 6.61 Å². The lowest BCUT2D eigenvalue weighted by molar-refractivity contribution is -0.129. The van der Waals surface area contributed by atoms with Crippen molar-refractivity contribution in [3.63, 3.8) is 0 Å². The molecule has 8 nitrogen and oxygen atoms in total. The average Bonchev–Trinajstić information content (AvgIpc) is 3.20. The van der Waals surface area contributed by atoms with Crippen LogP contribution in [0.2, 0.25) is 0 Å². The number of ether oxygens (including phenoxy) is 2. The number of rotatable bonds is 7. The second-order valence-electron chi connectivity index (χ2n) is 5.69. The summed E-state index contributed by atoms with van der Waals surface area (Å²) < 4.78 is 15.3. The average molecular weight is 362 g/mol. The monoisotopic (exact) mass is 362 g/mol. The van der Waals surface area contributed by atoms with Crippen molar-refractivity contribution in [2.45, 2.75) is 40.3 Å². The molecule has 140 valence electrons. The normalized spacial score (nSPS) is 11.7. The molecule has 0 aliphatic carbocycles. The van der Waals surface area contributed by atoms with E-state index in [-0.39, 0.29) is 24.4 Å². The van der Waals surface area contributed by atoms with Gasteiger partial charge < -0.3 is 24.2 Å². The second-order valence-corrected chi connectivity index (χ2v) is 5.69. The van der Waals surface area contributed by atoms with E-state index < -0.39 is 23.9 Å². The Balaban J connectivity index is 2.02. The molecule has 0 fully saturated rings. The van der Waals surface area contributed by atoms with Gasteiger partial charge in [-0.2, -0.15) is 0 Å². The fraction of sp³-hybridized carbons (Fsp3) is 0.389. The molecule has 1 atom stereocenters. The molecule has 26 heavy (non-hydrogen) atoms. The molecule has 8 heteroatoms. The summed E-state index contributed by atoms with van der Waals surface area (Å²) in [5.41, 5.74) is 1.32. The fourth-order valence-electron chi connectivity index (χ4n) is 2.47. The Hall–Kier alpha value is -3.03. The van der Waals surface area contributed by atoms with Gasteiger partial charge in [0, 0.05) is 5.69 Å². The predicted molar refractivity (Wildman–Crippen MR) is 91.7 cm³/mol. The van der Waals surface area contributed by atoms with Crippen molar-refractivity contribution in [1.29, 1.82) is 0 Å². The van der Waals surface area contributed by atoms with E-state index in [1.165, 1.54) is 13.2 Å². The van der Waals surface area contributed by atoms with Crippen molar-refractivity contribution in [2.24, 2.45) is 0 Å². The van der Waals surface area contributed by atoms with Crippen LogP contribution in [0.4, 0.5) is 0 Å². The van der Waals surface area contributed by atoms with E-state index >= 15 is 0 Å². The number of hydrogen-bond donors (Lipinski definition) is 2. The first-order valence-corrected chi connectivity index (χ1v) is 8.22. The zero-order chi connectivity index (χ0) is 19.3. The first-order chi connectivity index (χ1) is 12.3. The fourth-order valence-corrected chi connectivity index (χ4v) is 2.47. The summed E-state index contributed by atoms with van der Waals surface area (Å²) in [6, 6.07) is 3.43. The van der Waals surface area contributed by atoms with Gasteiger partial charge in [-0.15, -0.1) is 0 Å². The molecule has 0 saturated heterocycles. The largest absolute Gasteiger partial charge is 0.467 e. The van der Waals surface area contributed by atoms with Gasteiger partial charge in [0.2, 0.25) is 0 Å². The van der Waals surface area contributed by atoms with Crippen molar-refractivity contribution < 1.29 is 28.3 Å². The third-order valence-electron chi connectivity index (χ3n) is 3.79. The van der Waals surface area contributed by atoms with E-state index in [1.807, 2.05) is 0 Å². The molecule has 2 N–H and O–H groups in total. The zero-order valence-electron chi connectivity index (χ0n) is 15.2. The van der Waals surface area contributed by atoms with Gasteiger partial charge in [0.1, 0.15) is 11.5 Å². The molecule has 0 bridgehead atoms. The number of aromatic nitrogens is 1. The van der Waals surface area contributed by atoms with E-state index in [1.54, 1.807) is 32.9 Å². The summed E-state index contributed by atoms with van der Waals surface area (Å²) in [6.45, 7) is 6.86. The maximum absolute atomic E-state index is 12.4. The lowest BCUT2D eigenvalue weighted by Crippen LogP contribution is -2.35. The molecule has 0 unspecified atom stereocenters. The Labute approximate surface area is 150 Å². The summed E-state index contributed by atoms with van der Waals surface area (Å²) in [4.78, 5) is 39.2. The van der Waals surface area contributed by atoms with Gasteiger partial charge in [-0.05, 0) is 45.4 Å². The van der Waals surface area contributed by atoms with Gasteiger partial charge >= 0.3 is 11.9 Å². The summed E-state index contributed by atoms with van der Waals surface area (Å²) in [5.74, 6) is -1.09. The standard InChI is InChI=1S/C18H22N2O6/c1-5-24-18(23)15-10(2)14(11(3)20-15)17(22)26-12(4)16(21)19-9-13-7-6-8-25-13/h6-8,12,20H,5,9H2,1-4H3,(H,19,21)/t12-/m0/s1. The lowest BCUT2D eigenvalue weighted by Gasteiger charge is -2.13. The number of aryl methyl sites for hydroxylation is 1. The SMILES string of the molecule is CCOC(=O)c1[nH]c(C)c(C(=O)O[C@@H](C)C(=O)NCc2ccco2)c1C. The summed E-state index contributed by atoms with van der Waals surface area (Å²) in [5, 5.41) is 2.62. The molecule has 2 aromatic heterocycles. The third kappa shape index (κ3) is 4.33. The highest BCUT2D eigenvalue weighted by molar-refractivity contribution is 5.99. The molecule has 0 spiro atoms. The van der Waals surface area contributed by atoms with Crippen LogP contribution >= 0.6 is 0 Å². The summed E-state index contributed by atoms with van der Waals surface area (Å²) in [6.07, 6.45) is 0.501. The minimum absolute atomic E-state index is 0.197. The van der Waals surface area contributed by atoms with Crippen LogP contribution in [0.15, 0.2) is 22.8 Å². The van der Waals surface area contributed by atoms with Gasteiger partial charge in [-0.3, -0.25) is 4.79 Å². The number of carbonyl (C=O) groups excluding carboxylic acids is 3. The topological polar surface area (TPSA) is 111 Å². The number of H-pyrrole nitrogens is 1. The van der Waals surface area contributed by atoms with E-state index in [4.69, 9.17) is 13.9 Å². The number of esters is 2. The van der Waals surface area contributed by atoms with Crippen molar-refractivity contribution in [3.05, 3.63) is 46.7 Å². The van der Waals surface area contributed by atoms with Crippen molar-refractivity contribution >= 4 is 17.8 Å². The molecule has 0 aromatic carbocycles. The Bertz CT molecular complexity index is 791. The van der Waals surface area contributed by atoms with E-state index in [2.05, 4.69) is 10.3 Å². The quantitative estimate of drug-likeness (QED) is 0.731. The van der Waals surface area contributed by atoms with Gasteiger partial charge in [-0.25, -0.2) is 9.59 Å². The minimum Gasteiger partial charge on any atom is -0.467 e. The lowest BCUT2D eigenvalue weighted by atomic mass is 10.1. The molecular formula is C18H22N2O6. The molecular weight excluding hydrogens is 340 g/mol. The number of amides is 1. The first-order valence-electron chi connectivity index (χ1n) is 8.22.